The molecule has 4 aliphatic rings. The minimum absolute atomic E-state index is 0.774. The van der Waals surface area contributed by atoms with E-state index in [9.17, 15) is 0 Å². The minimum atomic E-state index is 0.774. The van der Waals surface area contributed by atoms with E-state index < -0.39 is 0 Å². The first-order chi connectivity index (χ1) is 40.5. The molecule has 0 spiro atoms. The summed E-state index contributed by atoms with van der Waals surface area (Å²) < 4.78 is 0. The lowest BCUT2D eigenvalue weighted by Gasteiger charge is -1.97. The molecule has 16 bridgehead atoms. The quantitative estimate of drug-likeness (QED) is 0.113. The summed E-state index contributed by atoms with van der Waals surface area (Å²) in [6, 6.07) is 76.0. The van der Waals surface area contributed by atoms with Crippen molar-refractivity contribution < 1.29 is 0 Å². The third-order valence-electron chi connectivity index (χ3n) is 16.0. The van der Waals surface area contributed by atoms with E-state index in [0.717, 1.165) is 177 Å². The molecule has 8 nitrogen and oxygen atoms in total. The Hall–Kier alpha value is -11.6. The summed E-state index contributed by atoms with van der Waals surface area (Å²) in [7, 11) is 0. The summed E-state index contributed by atoms with van der Waals surface area (Å²) in [6.07, 6.45) is 4.16. The number of aromatic nitrogens is 8. The largest absolute Gasteiger partial charge is 0.354 e. The zero-order valence-corrected chi connectivity index (χ0v) is 43.7. The van der Waals surface area contributed by atoms with Gasteiger partial charge >= 0.3 is 0 Å². The Kier molecular flexibility index (Phi) is 9.97. The second-order valence-electron chi connectivity index (χ2n) is 21.0. The molecule has 0 radical (unpaired) electrons. The van der Waals surface area contributed by atoms with Gasteiger partial charge in [0, 0.05) is 121 Å². The Morgan fingerprint density at radius 3 is 0.756 bits per heavy atom. The molecule has 0 saturated carbocycles. The minimum Gasteiger partial charge on any atom is -0.354 e. The molecule has 0 amide bonds. The molecular formula is C74H42N8. The van der Waals surface area contributed by atoms with Crippen molar-refractivity contribution in [1.82, 2.24) is 39.9 Å². The van der Waals surface area contributed by atoms with E-state index >= 15 is 0 Å². The molecule has 0 atom stereocenters. The van der Waals surface area contributed by atoms with Crippen LogP contribution < -0.4 is 0 Å². The number of hydrogen-bond acceptors (Lipinski definition) is 4. The number of rotatable bonds is 0. The predicted octanol–water partition coefficient (Wildman–Crippen LogP) is 17.4. The first-order valence-corrected chi connectivity index (χ1v) is 27.3. The number of allylic oxidation sites excluding steroid dienone is 2. The van der Waals surface area contributed by atoms with Gasteiger partial charge in [-0.3, -0.25) is 0 Å². The molecule has 17 rings (SSSR count). The summed E-state index contributed by atoms with van der Waals surface area (Å²) in [5.74, 6) is 14.0. The van der Waals surface area contributed by atoms with E-state index in [4.69, 9.17) is 19.9 Å². The number of nitrogens with zero attached hydrogens (tertiary/aromatic N) is 4. The zero-order valence-electron chi connectivity index (χ0n) is 43.7. The highest BCUT2D eigenvalue weighted by Gasteiger charge is 2.20. The lowest BCUT2D eigenvalue weighted by atomic mass is 10.0. The summed E-state index contributed by atoms with van der Waals surface area (Å²) in [5.41, 5.74) is 22.3. The Morgan fingerprint density at radius 1 is 0.232 bits per heavy atom. The fraction of sp³-hybridized carbons (Fsp3) is 0. The van der Waals surface area contributed by atoms with Crippen molar-refractivity contribution in [3.63, 3.8) is 0 Å². The van der Waals surface area contributed by atoms with E-state index in [1.54, 1.807) is 0 Å². The van der Waals surface area contributed by atoms with Gasteiger partial charge in [0.25, 0.3) is 0 Å². The number of nitrogens with one attached hydrogen (secondary N) is 4. The van der Waals surface area contributed by atoms with Gasteiger partial charge in [-0.05, 0) is 84.9 Å². The second kappa shape index (κ2) is 18.0. The molecule has 13 aromatic rings. The van der Waals surface area contributed by atoms with Gasteiger partial charge in [0.1, 0.15) is 0 Å². The van der Waals surface area contributed by atoms with E-state index in [1.165, 1.54) is 0 Å². The highest BCUT2D eigenvalue weighted by molar-refractivity contribution is 6.12. The fourth-order valence-corrected chi connectivity index (χ4v) is 12.1. The molecule has 4 N–H and O–H groups in total. The molecule has 0 fully saturated rings. The third-order valence-corrected chi connectivity index (χ3v) is 16.0. The average molecular weight is 1040 g/mol. The number of fused-ring (bicyclic) bond motifs is 34. The van der Waals surface area contributed by atoms with Crippen LogP contribution in [0, 0.1) is 23.7 Å². The molecule has 378 valence electrons. The van der Waals surface area contributed by atoms with Gasteiger partial charge in [-0.25, -0.2) is 19.9 Å². The number of hydrogen-bond donors (Lipinski definition) is 4. The van der Waals surface area contributed by atoms with Crippen molar-refractivity contribution in [2.24, 2.45) is 0 Å². The molecule has 0 unspecified atom stereocenters. The fourth-order valence-electron chi connectivity index (χ4n) is 12.1. The van der Waals surface area contributed by atoms with Crippen molar-refractivity contribution in [1.29, 1.82) is 0 Å². The van der Waals surface area contributed by atoms with Gasteiger partial charge in [-0.1, -0.05) is 169 Å². The SMILES string of the molecule is C(#Cc1ccc(C#CC2=Cc3cc4[nH]c(cc5nc(cc6[nH]c(cc2n3)c2ccccc62)-c2ccccc2-5)c2ccccc42)cc1)C1=Cc2cc3[nH]c(cc4nc(cc5[nH]c(cc1n2)c1ccccc51)-c1ccccc1-4)c1ccccc31. The van der Waals surface area contributed by atoms with E-state index in [-0.39, 0.29) is 0 Å². The van der Waals surface area contributed by atoms with Gasteiger partial charge in [-0.15, -0.1) is 0 Å². The highest BCUT2D eigenvalue weighted by atomic mass is 14.8. The lowest BCUT2D eigenvalue weighted by molar-refractivity contribution is 1.31. The summed E-state index contributed by atoms with van der Waals surface area (Å²) >= 11 is 0. The Morgan fingerprint density at radius 2 is 0.476 bits per heavy atom. The smallest absolute Gasteiger partial charge is 0.0815 e. The second-order valence-corrected chi connectivity index (χ2v) is 21.0. The van der Waals surface area contributed by atoms with Crippen molar-refractivity contribution in [3.05, 3.63) is 252 Å². The van der Waals surface area contributed by atoms with Crippen molar-refractivity contribution >= 4 is 111 Å². The standard InChI is InChI=1S/C74H42N8/c1-3-15-51-49(13-1)63-35-47-33-45(61(75-47)37-65-53-17-5-7-19-55(53)69(79-65)41-73-59-23-11-9-21-57(59)71(81-73)39-67(51)77-63)31-29-43-25-27-44(28-26-43)30-32-46-34-48-36-64-50-14-2-4-16-52(50)68(78-64)40-72-58-22-10-12-24-60(58)74(82-72)42-70-56-20-8-6-18-54(56)66(80-70)38-62(46)76-48/h1-28,33-42,77-80H. The number of H-pyrrole nitrogens is 4. The van der Waals surface area contributed by atoms with E-state index in [1.807, 2.05) is 24.3 Å². The molecule has 0 saturated heterocycles. The summed E-state index contributed by atoms with van der Waals surface area (Å²) in [5, 5.41) is 8.82. The van der Waals surface area contributed by atoms with Crippen LogP contribution in [0.25, 0.3) is 156 Å². The van der Waals surface area contributed by atoms with Crippen LogP contribution in [0.4, 0.5) is 0 Å². The van der Waals surface area contributed by atoms with Crippen molar-refractivity contribution in [3.8, 4) is 68.7 Å². The van der Waals surface area contributed by atoms with Gasteiger partial charge in [0.15, 0.2) is 0 Å². The average Bonchev–Trinajstić information content (AvgIpc) is 4.58. The Bertz CT molecular complexity index is 5200. The van der Waals surface area contributed by atoms with Crippen LogP contribution in [0.1, 0.15) is 33.9 Å². The topological polar surface area (TPSA) is 115 Å². The monoisotopic (exact) mass is 1040 g/mol. The maximum atomic E-state index is 5.25. The predicted molar refractivity (Wildman–Crippen MR) is 337 cm³/mol. The normalized spacial score (nSPS) is 12.3. The first kappa shape index (κ1) is 45.4. The molecule has 8 heteroatoms. The maximum absolute atomic E-state index is 5.25. The molecule has 0 aliphatic carbocycles. The van der Waals surface area contributed by atoms with Crippen LogP contribution in [-0.4, -0.2) is 39.9 Å². The van der Waals surface area contributed by atoms with Crippen LogP contribution in [0.5, 0.6) is 0 Å². The Balaban J connectivity index is 0.766. The Labute approximate surface area is 469 Å². The summed E-state index contributed by atoms with van der Waals surface area (Å²) in [4.78, 5) is 36.0. The van der Waals surface area contributed by atoms with E-state index in [2.05, 4.69) is 250 Å². The number of aromatic amines is 4. The van der Waals surface area contributed by atoms with E-state index in [0.29, 0.717) is 0 Å². The highest BCUT2D eigenvalue weighted by Crippen LogP contribution is 2.40. The number of benzene rings is 7. The van der Waals surface area contributed by atoms with Crippen LogP contribution in [0.15, 0.2) is 218 Å². The van der Waals surface area contributed by atoms with Gasteiger partial charge < -0.3 is 19.9 Å². The maximum Gasteiger partial charge on any atom is 0.0815 e. The van der Waals surface area contributed by atoms with Crippen molar-refractivity contribution in [2.75, 3.05) is 0 Å². The molecule has 7 aromatic carbocycles. The summed E-state index contributed by atoms with van der Waals surface area (Å²) in [6.45, 7) is 0. The van der Waals surface area contributed by atoms with Crippen LogP contribution >= 0.6 is 0 Å². The molecule has 4 aliphatic heterocycles. The third kappa shape index (κ3) is 7.59. The van der Waals surface area contributed by atoms with Gasteiger partial charge in [0.05, 0.1) is 56.7 Å². The molecule has 82 heavy (non-hydrogen) atoms. The lowest BCUT2D eigenvalue weighted by Crippen LogP contribution is -1.81. The van der Waals surface area contributed by atoms with Crippen LogP contribution in [0.3, 0.4) is 0 Å². The van der Waals surface area contributed by atoms with Crippen LogP contribution in [0.2, 0.25) is 0 Å². The first-order valence-electron chi connectivity index (χ1n) is 27.3. The molecule has 10 heterocycles. The zero-order chi connectivity index (χ0) is 53.8. The molecule has 6 aromatic heterocycles. The van der Waals surface area contributed by atoms with Gasteiger partial charge in [-0.2, -0.15) is 0 Å². The van der Waals surface area contributed by atoms with Crippen molar-refractivity contribution in [2.45, 2.75) is 0 Å². The van der Waals surface area contributed by atoms with Gasteiger partial charge in [0.2, 0.25) is 0 Å². The molecular weight excluding hydrogens is 1000 g/mol. The van der Waals surface area contributed by atoms with Crippen LogP contribution in [-0.2, 0) is 0 Å².